The van der Waals surface area contributed by atoms with Crippen molar-refractivity contribution in [1.82, 2.24) is 15.1 Å². The molecule has 1 N–H and O–H groups in total. The predicted octanol–water partition coefficient (Wildman–Crippen LogP) is 1.08. The maximum atomic E-state index is 12.4. The Kier molecular flexibility index (Phi) is 7.47. The van der Waals surface area contributed by atoms with Crippen LogP contribution in [0, 0.1) is 23.2 Å². The fourth-order valence-electron chi connectivity index (χ4n) is 3.64. The third-order valence-electron chi connectivity index (χ3n) is 5.37. The number of hydrogen-bond donors (Lipinski definition) is 1. The van der Waals surface area contributed by atoms with Crippen LogP contribution in [0.2, 0.25) is 0 Å². The second-order valence-electron chi connectivity index (χ2n) is 7.35. The fourth-order valence-corrected chi connectivity index (χ4v) is 3.64. The predicted molar refractivity (Wildman–Crippen MR) is 93.4 cm³/mol. The van der Waals surface area contributed by atoms with Crippen molar-refractivity contribution < 1.29 is 9.53 Å². The number of nitriles is 1. The number of hydrogen-bond acceptors (Lipinski definition) is 5. The van der Waals surface area contributed by atoms with E-state index in [1.54, 1.807) is 0 Å². The summed E-state index contributed by atoms with van der Waals surface area (Å²) < 4.78 is 5.40. The average molecular weight is 336 g/mol. The highest BCUT2D eigenvalue weighted by molar-refractivity contribution is 5.78. The van der Waals surface area contributed by atoms with Crippen molar-refractivity contribution in [3.63, 3.8) is 0 Å². The molecule has 136 valence electrons. The molecule has 0 aromatic carbocycles. The van der Waals surface area contributed by atoms with E-state index in [9.17, 15) is 10.1 Å². The molecular weight excluding hydrogens is 304 g/mol. The first-order chi connectivity index (χ1) is 11.5. The van der Waals surface area contributed by atoms with Gasteiger partial charge in [-0.3, -0.25) is 9.69 Å². The van der Waals surface area contributed by atoms with E-state index in [0.717, 1.165) is 52.2 Å². The summed E-state index contributed by atoms with van der Waals surface area (Å²) in [6, 6.07) is 2.69. The molecule has 0 aromatic rings. The van der Waals surface area contributed by atoms with Crippen LogP contribution in [0.3, 0.4) is 0 Å². The number of carbonyl (C=O) groups excluding carboxylic acids is 1. The molecule has 6 heteroatoms. The van der Waals surface area contributed by atoms with Crippen LogP contribution in [0.1, 0.15) is 33.6 Å². The van der Waals surface area contributed by atoms with Crippen LogP contribution in [-0.2, 0) is 9.53 Å². The Balaban J connectivity index is 1.71. The lowest BCUT2D eigenvalue weighted by atomic mass is 9.93. The van der Waals surface area contributed by atoms with Crippen molar-refractivity contribution >= 4 is 5.91 Å². The summed E-state index contributed by atoms with van der Waals surface area (Å²) in [6.07, 6.45) is 2.15. The number of nitrogens with zero attached hydrogens (tertiary/aromatic N) is 3. The molecular formula is C18H32N4O2. The zero-order chi connectivity index (χ0) is 17.5. The van der Waals surface area contributed by atoms with E-state index in [-0.39, 0.29) is 11.9 Å². The largest absolute Gasteiger partial charge is 0.381 e. The normalized spacial score (nSPS) is 23.0. The van der Waals surface area contributed by atoms with Crippen LogP contribution >= 0.6 is 0 Å². The van der Waals surface area contributed by atoms with Crippen LogP contribution < -0.4 is 5.32 Å². The SMILES string of the molecule is CC(C)[C@H](C#N)N1CCN(C(=O)CN[C@H](C)C2CCOCC2)CC1. The van der Waals surface area contributed by atoms with Crippen LogP contribution in [-0.4, -0.2) is 73.7 Å². The van der Waals surface area contributed by atoms with Crippen molar-refractivity contribution in [3.05, 3.63) is 0 Å². The molecule has 0 bridgehead atoms. The van der Waals surface area contributed by atoms with Gasteiger partial charge in [0.2, 0.25) is 5.91 Å². The van der Waals surface area contributed by atoms with Gasteiger partial charge in [-0.25, -0.2) is 0 Å². The van der Waals surface area contributed by atoms with Crippen molar-refractivity contribution in [2.75, 3.05) is 45.9 Å². The number of rotatable bonds is 6. The molecule has 0 unspecified atom stereocenters. The molecule has 0 aromatic heterocycles. The lowest BCUT2D eigenvalue weighted by Crippen LogP contribution is -2.54. The van der Waals surface area contributed by atoms with E-state index >= 15 is 0 Å². The Labute approximate surface area is 146 Å². The first-order valence-corrected chi connectivity index (χ1v) is 9.25. The van der Waals surface area contributed by atoms with Gasteiger partial charge in [-0.05, 0) is 31.6 Å². The monoisotopic (exact) mass is 336 g/mol. The van der Waals surface area contributed by atoms with Crippen LogP contribution in [0.25, 0.3) is 0 Å². The van der Waals surface area contributed by atoms with E-state index in [1.165, 1.54) is 0 Å². The summed E-state index contributed by atoms with van der Waals surface area (Å²) in [5.74, 6) is 1.09. The van der Waals surface area contributed by atoms with Crippen molar-refractivity contribution in [2.24, 2.45) is 11.8 Å². The Morgan fingerprint density at radius 3 is 2.38 bits per heavy atom. The molecule has 2 atom stereocenters. The quantitative estimate of drug-likeness (QED) is 0.786. The highest BCUT2D eigenvalue weighted by Gasteiger charge is 2.28. The Bertz CT molecular complexity index is 435. The summed E-state index contributed by atoms with van der Waals surface area (Å²) in [5, 5.41) is 12.7. The molecule has 0 saturated carbocycles. The molecule has 2 fully saturated rings. The zero-order valence-electron chi connectivity index (χ0n) is 15.3. The third-order valence-corrected chi connectivity index (χ3v) is 5.37. The molecule has 1 amide bonds. The van der Waals surface area contributed by atoms with Gasteiger partial charge in [-0.2, -0.15) is 5.26 Å². The van der Waals surface area contributed by atoms with Gasteiger partial charge in [0.05, 0.1) is 12.6 Å². The number of carbonyl (C=O) groups is 1. The molecule has 0 spiro atoms. The Hall–Kier alpha value is -1.16. The van der Waals surface area contributed by atoms with Gasteiger partial charge < -0.3 is 15.0 Å². The van der Waals surface area contributed by atoms with Crippen molar-refractivity contribution in [3.8, 4) is 6.07 Å². The topological polar surface area (TPSA) is 68.6 Å². The number of ether oxygens (including phenoxy) is 1. The van der Waals surface area contributed by atoms with Crippen LogP contribution in [0.4, 0.5) is 0 Å². The highest BCUT2D eigenvalue weighted by atomic mass is 16.5. The lowest BCUT2D eigenvalue weighted by molar-refractivity contribution is -0.132. The first-order valence-electron chi connectivity index (χ1n) is 9.25. The molecule has 2 aliphatic heterocycles. The molecule has 0 aliphatic carbocycles. The summed E-state index contributed by atoms with van der Waals surface area (Å²) in [4.78, 5) is 16.5. The minimum atomic E-state index is -0.0473. The van der Waals surface area contributed by atoms with Gasteiger partial charge in [0, 0.05) is 45.4 Å². The molecule has 0 radical (unpaired) electrons. The van der Waals surface area contributed by atoms with Gasteiger partial charge >= 0.3 is 0 Å². The molecule has 2 heterocycles. The summed E-state index contributed by atoms with van der Waals surface area (Å²) in [7, 11) is 0. The van der Waals surface area contributed by atoms with Gasteiger partial charge in [-0.1, -0.05) is 13.8 Å². The Morgan fingerprint density at radius 1 is 1.21 bits per heavy atom. The van der Waals surface area contributed by atoms with Gasteiger partial charge in [0.25, 0.3) is 0 Å². The smallest absolute Gasteiger partial charge is 0.236 e. The minimum Gasteiger partial charge on any atom is -0.381 e. The van der Waals surface area contributed by atoms with E-state index in [1.807, 2.05) is 4.90 Å². The van der Waals surface area contributed by atoms with Gasteiger partial charge in [0.15, 0.2) is 0 Å². The number of nitrogens with one attached hydrogen (secondary N) is 1. The molecule has 24 heavy (non-hydrogen) atoms. The number of piperazine rings is 1. The minimum absolute atomic E-state index is 0.0473. The zero-order valence-corrected chi connectivity index (χ0v) is 15.3. The van der Waals surface area contributed by atoms with Gasteiger partial charge in [-0.15, -0.1) is 0 Å². The van der Waals surface area contributed by atoms with Crippen LogP contribution in [0.5, 0.6) is 0 Å². The molecule has 6 nitrogen and oxygen atoms in total. The molecule has 2 aliphatic rings. The summed E-state index contributed by atoms with van der Waals surface area (Å²) >= 11 is 0. The molecule has 2 saturated heterocycles. The Morgan fingerprint density at radius 2 is 1.83 bits per heavy atom. The third kappa shape index (κ3) is 5.17. The van der Waals surface area contributed by atoms with E-state index in [2.05, 4.69) is 37.1 Å². The maximum Gasteiger partial charge on any atom is 0.236 e. The van der Waals surface area contributed by atoms with Crippen molar-refractivity contribution in [1.29, 1.82) is 5.26 Å². The standard InChI is InChI=1S/C18H32N4O2/c1-14(2)17(12-19)21-6-8-22(9-7-21)18(23)13-20-15(3)16-4-10-24-11-5-16/h14-17,20H,4-11,13H2,1-3H3/t15-,17+/m1/s1. The van der Waals surface area contributed by atoms with Gasteiger partial charge in [0.1, 0.15) is 6.04 Å². The summed E-state index contributed by atoms with van der Waals surface area (Å²) in [5.41, 5.74) is 0. The average Bonchev–Trinajstić information content (AvgIpc) is 2.61. The molecule has 2 rings (SSSR count). The van der Waals surface area contributed by atoms with E-state index in [4.69, 9.17) is 4.74 Å². The number of amides is 1. The van der Waals surface area contributed by atoms with E-state index in [0.29, 0.717) is 24.4 Å². The fraction of sp³-hybridized carbons (Fsp3) is 0.889. The highest BCUT2D eigenvalue weighted by Crippen LogP contribution is 2.18. The lowest BCUT2D eigenvalue weighted by Gasteiger charge is -2.38. The van der Waals surface area contributed by atoms with E-state index < -0.39 is 0 Å². The van der Waals surface area contributed by atoms with Crippen LogP contribution in [0.15, 0.2) is 0 Å². The maximum absolute atomic E-state index is 12.4. The summed E-state index contributed by atoms with van der Waals surface area (Å²) in [6.45, 7) is 11.4. The first kappa shape index (κ1) is 19.2. The second kappa shape index (κ2) is 9.36. The van der Waals surface area contributed by atoms with Crippen molar-refractivity contribution in [2.45, 2.75) is 45.7 Å². The second-order valence-corrected chi connectivity index (χ2v) is 7.35.